The largest absolute Gasteiger partial charge is 0.481 e. The van der Waals surface area contributed by atoms with E-state index in [4.69, 9.17) is 14.6 Å². The molecule has 15 heavy (non-hydrogen) atoms. The zero-order chi connectivity index (χ0) is 11.7. The highest BCUT2D eigenvalue weighted by Gasteiger charge is 1.97. The normalized spacial score (nSPS) is 8.93. The number of hydrogen-bond donors (Lipinski definition) is 2. The van der Waals surface area contributed by atoms with Gasteiger partial charge in [-0.2, -0.15) is 0 Å². The molecule has 2 N–H and O–H groups in total. The highest BCUT2D eigenvalue weighted by atomic mass is 16.4. The fraction of sp³-hybridized carbons (Fsp3) is 0.400. The number of hydrogen-bond acceptors (Lipinski definition) is 4. The molecule has 1 aromatic rings. The van der Waals surface area contributed by atoms with Gasteiger partial charge in [-0.05, 0) is 19.1 Å². The van der Waals surface area contributed by atoms with Crippen LogP contribution in [0, 0.1) is 0 Å². The van der Waals surface area contributed by atoms with Crippen LogP contribution in [-0.2, 0) is 16.2 Å². The molecule has 0 aliphatic rings. The number of aliphatic hydroxyl groups is 1. The van der Waals surface area contributed by atoms with Crippen LogP contribution in [0.2, 0.25) is 0 Å². The van der Waals surface area contributed by atoms with Gasteiger partial charge in [-0.3, -0.25) is 4.79 Å². The van der Waals surface area contributed by atoms with Gasteiger partial charge in [0.2, 0.25) is 0 Å². The lowest BCUT2D eigenvalue weighted by Crippen LogP contribution is -1.98. The average molecular weight is 214 g/mol. The first-order valence-electron chi connectivity index (χ1n) is 4.40. The van der Waals surface area contributed by atoms with E-state index in [0.717, 1.165) is 0 Å². The van der Waals surface area contributed by atoms with E-state index in [1.807, 2.05) is 0 Å². The summed E-state index contributed by atoms with van der Waals surface area (Å²) < 4.78 is 4.73. The molecule has 0 fully saturated rings. The van der Waals surface area contributed by atoms with E-state index in [2.05, 4.69) is 0 Å². The second-order valence-corrected chi connectivity index (χ2v) is 2.83. The molecule has 0 amide bonds. The van der Waals surface area contributed by atoms with Crippen molar-refractivity contribution >= 4 is 11.8 Å². The summed E-state index contributed by atoms with van der Waals surface area (Å²) in [5, 5.41) is 16.3. The standard InChI is InChI=1S/C5H8O3.C5H6O2/c1-4(6)2-3-5(7)8;6-4-5-2-1-3-7-5/h2-3H2,1H3,(H,7,8);1-3,6H,4H2. The van der Waals surface area contributed by atoms with E-state index in [1.165, 1.54) is 13.2 Å². The van der Waals surface area contributed by atoms with Crippen LogP contribution < -0.4 is 0 Å². The molecule has 0 aliphatic carbocycles. The highest BCUT2D eigenvalue weighted by molar-refractivity contribution is 5.80. The van der Waals surface area contributed by atoms with Crippen molar-refractivity contribution in [1.82, 2.24) is 0 Å². The predicted molar refractivity (Wildman–Crippen MR) is 52.2 cm³/mol. The molecule has 0 aliphatic heterocycles. The first-order valence-corrected chi connectivity index (χ1v) is 4.40. The Morgan fingerprint density at radius 1 is 1.40 bits per heavy atom. The molecular formula is C10H14O5. The summed E-state index contributed by atoms with van der Waals surface area (Å²) in [4.78, 5) is 19.8. The molecule has 0 bridgehead atoms. The van der Waals surface area contributed by atoms with Crippen LogP contribution in [-0.4, -0.2) is 22.0 Å². The smallest absolute Gasteiger partial charge is 0.303 e. The van der Waals surface area contributed by atoms with Crippen LogP contribution in [0.5, 0.6) is 0 Å². The second-order valence-electron chi connectivity index (χ2n) is 2.83. The van der Waals surface area contributed by atoms with Gasteiger partial charge in [0.25, 0.3) is 0 Å². The molecule has 1 heterocycles. The van der Waals surface area contributed by atoms with Crippen molar-refractivity contribution in [3.63, 3.8) is 0 Å². The number of carbonyl (C=O) groups excluding carboxylic acids is 1. The van der Waals surface area contributed by atoms with Gasteiger partial charge in [-0.1, -0.05) is 0 Å². The number of aliphatic hydroxyl groups excluding tert-OH is 1. The molecular weight excluding hydrogens is 200 g/mol. The number of rotatable bonds is 4. The quantitative estimate of drug-likeness (QED) is 0.786. The van der Waals surface area contributed by atoms with Crippen LogP contribution in [0.1, 0.15) is 25.5 Å². The monoisotopic (exact) mass is 214 g/mol. The SMILES string of the molecule is CC(=O)CCC(=O)O.OCc1ccco1. The lowest BCUT2D eigenvalue weighted by molar-refractivity contribution is -0.138. The van der Waals surface area contributed by atoms with Gasteiger partial charge in [0.05, 0.1) is 12.7 Å². The van der Waals surface area contributed by atoms with Gasteiger partial charge in [0.15, 0.2) is 0 Å². The molecule has 84 valence electrons. The summed E-state index contributed by atoms with van der Waals surface area (Å²) in [5.41, 5.74) is 0. The van der Waals surface area contributed by atoms with Crippen LogP contribution in [0.15, 0.2) is 22.8 Å². The molecule has 0 saturated carbocycles. The number of Topliss-reactive ketones (excluding diaryl/α,β-unsaturated/α-hetero) is 1. The molecule has 0 atom stereocenters. The number of aliphatic carboxylic acids is 1. The van der Waals surface area contributed by atoms with Crippen molar-refractivity contribution in [2.24, 2.45) is 0 Å². The highest BCUT2D eigenvalue weighted by Crippen LogP contribution is 1.96. The topological polar surface area (TPSA) is 87.7 Å². The molecule has 5 nitrogen and oxygen atoms in total. The lowest BCUT2D eigenvalue weighted by Gasteiger charge is -1.86. The average Bonchev–Trinajstić information content (AvgIpc) is 2.68. The molecule has 1 rings (SSSR count). The van der Waals surface area contributed by atoms with E-state index in [1.54, 1.807) is 12.1 Å². The summed E-state index contributed by atoms with van der Waals surface area (Å²) in [5.74, 6) is -0.382. The maximum absolute atomic E-state index is 10.1. The van der Waals surface area contributed by atoms with Crippen molar-refractivity contribution in [1.29, 1.82) is 0 Å². The minimum absolute atomic E-state index is 0.00694. The van der Waals surface area contributed by atoms with Gasteiger partial charge in [-0.15, -0.1) is 0 Å². The van der Waals surface area contributed by atoms with E-state index < -0.39 is 5.97 Å². The minimum Gasteiger partial charge on any atom is -0.481 e. The fourth-order valence-corrected chi connectivity index (χ4v) is 0.686. The molecule has 1 aromatic heterocycles. The Bertz CT molecular complexity index is 275. The van der Waals surface area contributed by atoms with E-state index in [9.17, 15) is 9.59 Å². The molecule has 0 saturated heterocycles. The maximum Gasteiger partial charge on any atom is 0.303 e. The summed E-state index contributed by atoms with van der Waals surface area (Å²) >= 11 is 0. The number of carbonyl (C=O) groups is 2. The van der Waals surface area contributed by atoms with Crippen LogP contribution in [0.4, 0.5) is 0 Å². The van der Waals surface area contributed by atoms with Gasteiger partial charge >= 0.3 is 5.97 Å². The Morgan fingerprint density at radius 2 is 2.07 bits per heavy atom. The third kappa shape index (κ3) is 8.70. The van der Waals surface area contributed by atoms with Crippen molar-refractivity contribution in [3.05, 3.63) is 24.2 Å². The van der Waals surface area contributed by atoms with Gasteiger partial charge in [0.1, 0.15) is 18.2 Å². The van der Waals surface area contributed by atoms with E-state index >= 15 is 0 Å². The lowest BCUT2D eigenvalue weighted by atomic mass is 10.2. The van der Waals surface area contributed by atoms with Crippen LogP contribution in [0.3, 0.4) is 0 Å². The first-order chi connectivity index (χ1) is 7.06. The van der Waals surface area contributed by atoms with Gasteiger partial charge in [-0.25, -0.2) is 0 Å². The summed E-state index contributed by atoms with van der Waals surface area (Å²) in [6.45, 7) is 1.37. The van der Waals surface area contributed by atoms with Crippen molar-refractivity contribution in [2.75, 3.05) is 0 Å². The molecule has 0 unspecified atom stereocenters. The third-order valence-corrected chi connectivity index (χ3v) is 1.43. The Morgan fingerprint density at radius 3 is 2.27 bits per heavy atom. The maximum atomic E-state index is 10.1. The number of carboxylic acid groups (broad SMARTS) is 1. The molecule has 0 spiro atoms. The minimum atomic E-state index is -0.916. The Labute approximate surface area is 87.3 Å². The zero-order valence-corrected chi connectivity index (χ0v) is 8.47. The Balaban J connectivity index is 0.000000262. The van der Waals surface area contributed by atoms with Gasteiger partial charge < -0.3 is 19.4 Å². The summed E-state index contributed by atoms with van der Waals surface area (Å²) in [6.07, 6.45) is 1.64. The Kier molecular flexibility index (Phi) is 6.92. The summed E-state index contributed by atoms with van der Waals surface area (Å²) in [6, 6.07) is 3.46. The zero-order valence-electron chi connectivity index (χ0n) is 8.47. The van der Waals surface area contributed by atoms with E-state index in [-0.39, 0.29) is 25.2 Å². The molecule has 0 aromatic carbocycles. The van der Waals surface area contributed by atoms with Gasteiger partial charge in [0, 0.05) is 6.42 Å². The second kappa shape index (κ2) is 7.75. The van der Waals surface area contributed by atoms with Crippen LogP contribution in [0.25, 0.3) is 0 Å². The predicted octanol–water partition coefficient (Wildman–Crippen LogP) is 1.21. The summed E-state index contributed by atoms with van der Waals surface area (Å²) in [7, 11) is 0. The van der Waals surface area contributed by atoms with E-state index in [0.29, 0.717) is 5.76 Å². The third-order valence-electron chi connectivity index (χ3n) is 1.43. The number of ketones is 1. The van der Waals surface area contributed by atoms with Crippen molar-refractivity contribution in [2.45, 2.75) is 26.4 Å². The molecule has 5 heteroatoms. The number of furan rings is 1. The van der Waals surface area contributed by atoms with Crippen molar-refractivity contribution in [3.8, 4) is 0 Å². The van der Waals surface area contributed by atoms with Crippen LogP contribution >= 0.6 is 0 Å². The Hall–Kier alpha value is -1.62. The van der Waals surface area contributed by atoms with Crippen molar-refractivity contribution < 1.29 is 24.2 Å². The first kappa shape index (κ1) is 13.4. The molecule has 0 radical (unpaired) electrons. The number of carboxylic acids is 1. The fourth-order valence-electron chi connectivity index (χ4n) is 0.686.